The van der Waals surface area contributed by atoms with E-state index in [0.717, 1.165) is 43.0 Å². The Labute approximate surface area is 125 Å². The topological polar surface area (TPSA) is 21.3 Å². The van der Waals surface area contributed by atoms with Gasteiger partial charge < -0.3 is 10.1 Å². The number of benzene rings is 1. The third kappa shape index (κ3) is 4.09. The normalized spacial score (nSPS) is 21.3. The number of rotatable bonds is 5. The van der Waals surface area contributed by atoms with Crippen molar-refractivity contribution >= 4 is 23.2 Å². The van der Waals surface area contributed by atoms with Crippen molar-refractivity contribution in [3.05, 3.63) is 33.8 Å². The van der Waals surface area contributed by atoms with E-state index in [1.54, 1.807) is 0 Å². The third-order valence-electron chi connectivity index (χ3n) is 3.50. The standard InChI is InChI=1S/C15H21Cl2NO/c1-2-8-18-15(14-5-3-4-9-19-14)12-7-6-11(16)10-13(12)17/h6-7,10,14-15,18H,2-5,8-9H2,1H3. The van der Waals surface area contributed by atoms with Gasteiger partial charge in [-0.05, 0) is 49.9 Å². The summed E-state index contributed by atoms with van der Waals surface area (Å²) in [4.78, 5) is 0. The molecule has 2 atom stereocenters. The van der Waals surface area contributed by atoms with E-state index in [4.69, 9.17) is 27.9 Å². The van der Waals surface area contributed by atoms with E-state index < -0.39 is 0 Å². The van der Waals surface area contributed by atoms with Crippen molar-refractivity contribution in [2.75, 3.05) is 13.2 Å². The summed E-state index contributed by atoms with van der Waals surface area (Å²) in [7, 11) is 0. The van der Waals surface area contributed by atoms with Gasteiger partial charge in [-0.25, -0.2) is 0 Å². The molecular weight excluding hydrogens is 281 g/mol. The molecule has 0 spiro atoms. The molecular formula is C15H21Cl2NO. The van der Waals surface area contributed by atoms with Crippen LogP contribution in [0.25, 0.3) is 0 Å². The maximum Gasteiger partial charge on any atom is 0.0770 e. The van der Waals surface area contributed by atoms with Gasteiger partial charge in [-0.15, -0.1) is 0 Å². The molecule has 1 aliphatic heterocycles. The van der Waals surface area contributed by atoms with Crippen LogP contribution < -0.4 is 5.32 Å². The lowest BCUT2D eigenvalue weighted by atomic mass is 9.95. The molecule has 1 fully saturated rings. The van der Waals surface area contributed by atoms with Crippen molar-refractivity contribution in [1.82, 2.24) is 5.32 Å². The Hall–Kier alpha value is -0.280. The molecule has 0 amide bonds. The Bertz CT molecular complexity index is 405. The minimum atomic E-state index is 0.157. The molecule has 0 radical (unpaired) electrons. The Balaban J connectivity index is 2.19. The van der Waals surface area contributed by atoms with Crippen molar-refractivity contribution < 1.29 is 4.74 Å². The van der Waals surface area contributed by atoms with Gasteiger partial charge in [0.1, 0.15) is 0 Å². The highest BCUT2D eigenvalue weighted by molar-refractivity contribution is 6.35. The highest BCUT2D eigenvalue weighted by Gasteiger charge is 2.27. The molecule has 0 aliphatic carbocycles. The zero-order valence-corrected chi connectivity index (χ0v) is 12.8. The first kappa shape index (κ1) is 15.1. The molecule has 1 heterocycles. The van der Waals surface area contributed by atoms with Crippen LogP contribution in [0.4, 0.5) is 0 Å². The molecule has 4 heteroatoms. The summed E-state index contributed by atoms with van der Waals surface area (Å²) in [6.45, 7) is 3.97. The molecule has 0 saturated carbocycles. The number of hydrogen-bond donors (Lipinski definition) is 1. The quantitative estimate of drug-likeness (QED) is 0.858. The second kappa shape index (κ2) is 7.49. The van der Waals surface area contributed by atoms with Gasteiger partial charge in [-0.1, -0.05) is 36.2 Å². The fourth-order valence-corrected chi connectivity index (χ4v) is 3.05. The van der Waals surface area contributed by atoms with Crippen LogP contribution in [-0.2, 0) is 4.74 Å². The maximum atomic E-state index is 6.34. The van der Waals surface area contributed by atoms with Crippen LogP contribution in [-0.4, -0.2) is 19.3 Å². The molecule has 0 aromatic heterocycles. The Morgan fingerprint density at radius 2 is 2.21 bits per heavy atom. The average Bonchev–Trinajstić information content (AvgIpc) is 2.42. The molecule has 2 unspecified atom stereocenters. The summed E-state index contributed by atoms with van der Waals surface area (Å²) in [6, 6.07) is 5.87. The summed E-state index contributed by atoms with van der Waals surface area (Å²) in [5.74, 6) is 0. The maximum absolute atomic E-state index is 6.34. The van der Waals surface area contributed by atoms with Gasteiger partial charge in [-0.2, -0.15) is 0 Å². The molecule has 1 aliphatic rings. The number of nitrogens with one attached hydrogen (secondary N) is 1. The predicted octanol–water partition coefficient (Wildman–Crippen LogP) is 4.60. The molecule has 1 saturated heterocycles. The van der Waals surface area contributed by atoms with E-state index in [0.29, 0.717) is 5.02 Å². The average molecular weight is 302 g/mol. The molecule has 19 heavy (non-hydrogen) atoms. The first-order chi connectivity index (χ1) is 9.22. The van der Waals surface area contributed by atoms with Crippen molar-refractivity contribution in [2.24, 2.45) is 0 Å². The van der Waals surface area contributed by atoms with Crippen LogP contribution in [0, 0.1) is 0 Å². The van der Waals surface area contributed by atoms with Gasteiger partial charge in [0.25, 0.3) is 0 Å². The first-order valence-electron chi connectivity index (χ1n) is 7.02. The molecule has 1 N–H and O–H groups in total. The van der Waals surface area contributed by atoms with Gasteiger partial charge in [0.2, 0.25) is 0 Å². The van der Waals surface area contributed by atoms with Crippen molar-refractivity contribution in [3.8, 4) is 0 Å². The van der Waals surface area contributed by atoms with E-state index in [1.165, 1.54) is 6.42 Å². The van der Waals surface area contributed by atoms with Gasteiger partial charge in [0.15, 0.2) is 0 Å². The third-order valence-corrected chi connectivity index (χ3v) is 4.06. The SMILES string of the molecule is CCCNC(c1ccc(Cl)cc1Cl)C1CCCCO1. The lowest BCUT2D eigenvalue weighted by molar-refractivity contribution is -0.00813. The van der Waals surface area contributed by atoms with Crippen molar-refractivity contribution in [2.45, 2.75) is 44.8 Å². The van der Waals surface area contributed by atoms with Gasteiger partial charge in [0, 0.05) is 16.7 Å². The van der Waals surface area contributed by atoms with E-state index in [2.05, 4.69) is 12.2 Å². The van der Waals surface area contributed by atoms with Gasteiger partial charge in [-0.3, -0.25) is 0 Å². The summed E-state index contributed by atoms with van der Waals surface area (Å²) >= 11 is 12.3. The van der Waals surface area contributed by atoms with Crippen molar-refractivity contribution in [1.29, 1.82) is 0 Å². The number of hydrogen-bond acceptors (Lipinski definition) is 2. The Morgan fingerprint density at radius 3 is 2.84 bits per heavy atom. The minimum absolute atomic E-state index is 0.157. The Morgan fingerprint density at radius 1 is 1.37 bits per heavy atom. The smallest absolute Gasteiger partial charge is 0.0770 e. The zero-order chi connectivity index (χ0) is 13.7. The van der Waals surface area contributed by atoms with Crippen LogP contribution in [0.1, 0.15) is 44.2 Å². The van der Waals surface area contributed by atoms with Crippen LogP contribution in [0.5, 0.6) is 0 Å². The molecule has 1 aromatic rings. The second-order valence-corrected chi connectivity index (χ2v) is 5.85. The summed E-state index contributed by atoms with van der Waals surface area (Å²) < 4.78 is 5.92. The number of ether oxygens (including phenoxy) is 1. The molecule has 106 valence electrons. The summed E-state index contributed by atoms with van der Waals surface area (Å²) in [5, 5.41) is 4.95. The van der Waals surface area contributed by atoms with Crippen LogP contribution in [0.15, 0.2) is 18.2 Å². The number of halogens is 2. The molecule has 2 nitrogen and oxygen atoms in total. The van der Waals surface area contributed by atoms with Crippen LogP contribution >= 0.6 is 23.2 Å². The van der Waals surface area contributed by atoms with Crippen molar-refractivity contribution in [3.63, 3.8) is 0 Å². The Kier molecular flexibility index (Phi) is 5.96. The highest BCUT2D eigenvalue weighted by Crippen LogP contribution is 2.32. The fourth-order valence-electron chi connectivity index (χ4n) is 2.52. The van der Waals surface area contributed by atoms with E-state index in [-0.39, 0.29) is 12.1 Å². The monoisotopic (exact) mass is 301 g/mol. The first-order valence-corrected chi connectivity index (χ1v) is 7.78. The predicted molar refractivity (Wildman–Crippen MR) is 81.1 cm³/mol. The lowest BCUT2D eigenvalue weighted by Gasteiger charge is -2.32. The summed E-state index contributed by atoms with van der Waals surface area (Å²) in [6.07, 6.45) is 4.76. The van der Waals surface area contributed by atoms with E-state index >= 15 is 0 Å². The molecule has 2 rings (SSSR count). The lowest BCUT2D eigenvalue weighted by Crippen LogP contribution is -2.36. The van der Waals surface area contributed by atoms with E-state index in [9.17, 15) is 0 Å². The minimum Gasteiger partial charge on any atom is -0.376 e. The van der Waals surface area contributed by atoms with Gasteiger partial charge >= 0.3 is 0 Å². The molecule has 1 aromatic carbocycles. The van der Waals surface area contributed by atoms with Crippen LogP contribution in [0.2, 0.25) is 10.0 Å². The summed E-state index contributed by atoms with van der Waals surface area (Å²) in [5.41, 5.74) is 1.09. The fraction of sp³-hybridized carbons (Fsp3) is 0.600. The molecule has 0 bridgehead atoms. The zero-order valence-electron chi connectivity index (χ0n) is 11.3. The van der Waals surface area contributed by atoms with Crippen LogP contribution in [0.3, 0.4) is 0 Å². The van der Waals surface area contributed by atoms with Gasteiger partial charge in [0.05, 0.1) is 12.1 Å². The highest BCUT2D eigenvalue weighted by atomic mass is 35.5. The second-order valence-electron chi connectivity index (χ2n) is 5.00. The largest absolute Gasteiger partial charge is 0.376 e. The van der Waals surface area contributed by atoms with E-state index in [1.807, 2.05) is 18.2 Å².